The molecule has 5 heteroatoms. The molecule has 20 heavy (non-hydrogen) atoms. The molecule has 2 unspecified atom stereocenters. The highest BCUT2D eigenvalue weighted by Gasteiger charge is 2.23. The maximum absolute atomic E-state index is 11.8. The van der Waals surface area contributed by atoms with Crippen LogP contribution in [0.2, 0.25) is 0 Å². The van der Waals surface area contributed by atoms with E-state index in [0.29, 0.717) is 11.7 Å². The van der Waals surface area contributed by atoms with Gasteiger partial charge in [-0.25, -0.2) is 4.79 Å². The van der Waals surface area contributed by atoms with Gasteiger partial charge in [0.25, 0.3) is 5.91 Å². The van der Waals surface area contributed by atoms with Gasteiger partial charge < -0.3 is 14.5 Å². The Labute approximate surface area is 118 Å². The highest BCUT2D eigenvalue weighted by molar-refractivity contribution is 5.88. The van der Waals surface area contributed by atoms with Crippen LogP contribution in [0.25, 0.3) is 0 Å². The zero-order valence-electron chi connectivity index (χ0n) is 12.0. The van der Waals surface area contributed by atoms with Gasteiger partial charge in [-0.1, -0.05) is 19.8 Å². The molecule has 1 aliphatic carbocycles. The topological polar surface area (TPSA) is 68.5 Å². The summed E-state index contributed by atoms with van der Waals surface area (Å²) in [7, 11) is 0. The van der Waals surface area contributed by atoms with E-state index < -0.39 is 5.97 Å². The molecule has 0 bridgehead atoms. The summed E-state index contributed by atoms with van der Waals surface area (Å²) in [5.41, 5.74) is 0. The minimum atomic E-state index is -0.607. The van der Waals surface area contributed by atoms with Crippen molar-refractivity contribution in [1.29, 1.82) is 0 Å². The fraction of sp³-hybridized carbons (Fsp3) is 0.600. The molecule has 0 saturated heterocycles. The summed E-state index contributed by atoms with van der Waals surface area (Å²) in [6.07, 6.45) is 4.50. The van der Waals surface area contributed by atoms with E-state index in [2.05, 4.69) is 12.2 Å². The van der Waals surface area contributed by atoms with Gasteiger partial charge in [0.05, 0.1) is 0 Å². The first-order valence-electron chi connectivity index (χ1n) is 7.09. The average Bonchev–Trinajstić information content (AvgIpc) is 2.85. The number of hydrogen-bond donors (Lipinski definition) is 1. The molecule has 0 aromatic carbocycles. The summed E-state index contributed by atoms with van der Waals surface area (Å²) in [6, 6.07) is 3.42. The lowest BCUT2D eigenvalue weighted by Gasteiger charge is -2.29. The van der Waals surface area contributed by atoms with Gasteiger partial charge >= 0.3 is 5.97 Å². The van der Waals surface area contributed by atoms with Crippen LogP contribution >= 0.6 is 0 Å². The van der Waals surface area contributed by atoms with Gasteiger partial charge in [0.15, 0.2) is 6.61 Å². The first-order valence-corrected chi connectivity index (χ1v) is 7.09. The minimum Gasteiger partial charge on any atom is -0.454 e. The molecule has 5 nitrogen and oxygen atoms in total. The molecule has 1 amide bonds. The molecule has 1 fully saturated rings. The van der Waals surface area contributed by atoms with E-state index in [1.807, 2.05) is 0 Å². The molecular formula is C15H21NO4. The molecule has 1 N–H and O–H groups in total. The molecule has 0 spiro atoms. The van der Waals surface area contributed by atoms with Crippen molar-refractivity contribution in [3.8, 4) is 0 Å². The number of aryl methyl sites for hydroxylation is 1. The monoisotopic (exact) mass is 279 g/mol. The Morgan fingerprint density at radius 1 is 1.35 bits per heavy atom. The van der Waals surface area contributed by atoms with E-state index in [1.165, 1.54) is 6.42 Å². The van der Waals surface area contributed by atoms with Gasteiger partial charge in [-0.2, -0.15) is 0 Å². The minimum absolute atomic E-state index is 0.126. The molecule has 1 aliphatic rings. The number of furan rings is 1. The predicted octanol–water partition coefficient (Wildman–Crippen LogP) is 2.44. The standard InChI is InChI=1S/C15H21NO4/c1-10-5-3-4-6-12(10)16-14(17)9-19-15(18)13-8-7-11(2)20-13/h7-8,10,12H,3-6,9H2,1-2H3,(H,16,17). The number of nitrogens with one attached hydrogen (secondary N) is 1. The molecule has 2 rings (SSSR count). The Bertz CT molecular complexity index is 480. The van der Waals surface area contributed by atoms with Crippen molar-refractivity contribution in [2.24, 2.45) is 5.92 Å². The number of amides is 1. The van der Waals surface area contributed by atoms with Gasteiger partial charge in [0.2, 0.25) is 5.76 Å². The molecule has 1 aromatic rings. The number of esters is 1. The van der Waals surface area contributed by atoms with Crippen molar-refractivity contribution in [3.63, 3.8) is 0 Å². The van der Waals surface area contributed by atoms with Gasteiger partial charge in [0, 0.05) is 6.04 Å². The Balaban J connectivity index is 1.76. The number of carbonyl (C=O) groups is 2. The lowest BCUT2D eigenvalue weighted by atomic mass is 9.86. The van der Waals surface area contributed by atoms with E-state index in [-0.39, 0.29) is 24.3 Å². The third-order valence-corrected chi connectivity index (χ3v) is 3.73. The second-order valence-corrected chi connectivity index (χ2v) is 5.42. The van der Waals surface area contributed by atoms with Crippen molar-refractivity contribution in [3.05, 3.63) is 23.7 Å². The fourth-order valence-corrected chi connectivity index (χ4v) is 2.53. The second kappa shape index (κ2) is 6.59. The number of rotatable bonds is 4. The lowest BCUT2D eigenvalue weighted by Crippen LogP contribution is -2.42. The summed E-state index contributed by atoms with van der Waals surface area (Å²) < 4.78 is 10.1. The Morgan fingerprint density at radius 2 is 2.10 bits per heavy atom. The Kier molecular flexibility index (Phi) is 4.82. The van der Waals surface area contributed by atoms with Crippen LogP contribution in [0.15, 0.2) is 16.5 Å². The predicted molar refractivity (Wildman–Crippen MR) is 73.3 cm³/mol. The number of hydrogen-bond acceptors (Lipinski definition) is 4. The molecule has 0 radical (unpaired) electrons. The first kappa shape index (κ1) is 14.6. The molecule has 110 valence electrons. The zero-order chi connectivity index (χ0) is 14.5. The largest absolute Gasteiger partial charge is 0.454 e. The Hall–Kier alpha value is -1.78. The normalized spacial score (nSPS) is 22.3. The van der Waals surface area contributed by atoms with Crippen LogP contribution in [-0.2, 0) is 9.53 Å². The highest BCUT2D eigenvalue weighted by Crippen LogP contribution is 2.23. The van der Waals surface area contributed by atoms with Gasteiger partial charge in [-0.15, -0.1) is 0 Å². The van der Waals surface area contributed by atoms with Crippen molar-refractivity contribution < 1.29 is 18.7 Å². The second-order valence-electron chi connectivity index (χ2n) is 5.42. The van der Waals surface area contributed by atoms with Crippen LogP contribution in [0.3, 0.4) is 0 Å². The summed E-state index contributed by atoms with van der Waals surface area (Å²) >= 11 is 0. The number of ether oxygens (including phenoxy) is 1. The third kappa shape index (κ3) is 3.85. The van der Waals surface area contributed by atoms with Crippen LogP contribution in [0.4, 0.5) is 0 Å². The van der Waals surface area contributed by atoms with E-state index in [9.17, 15) is 9.59 Å². The Morgan fingerprint density at radius 3 is 2.75 bits per heavy atom. The van der Waals surface area contributed by atoms with E-state index in [0.717, 1.165) is 19.3 Å². The summed E-state index contributed by atoms with van der Waals surface area (Å²) in [4.78, 5) is 23.4. The van der Waals surface area contributed by atoms with Gasteiger partial charge in [-0.05, 0) is 37.8 Å². The van der Waals surface area contributed by atoms with Crippen LogP contribution in [0.5, 0.6) is 0 Å². The quantitative estimate of drug-likeness (QED) is 0.859. The van der Waals surface area contributed by atoms with Crippen molar-refractivity contribution in [2.45, 2.75) is 45.6 Å². The van der Waals surface area contributed by atoms with Crippen molar-refractivity contribution in [2.75, 3.05) is 6.61 Å². The average molecular weight is 279 g/mol. The lowest BCUT2D eigenvalue weighted by molar-refractivity contribution is -0.125. The zero-order valence-corrected chi connectivity index (χ0v) is 12.0. The van der Waals surface area contributed by atoms with Crippen LogP contribution in [0, 0.1) is 12.8 Å². The van der Waals surface area contributed by atoms with Crippen LogP contribution < -0.4 is 5.32 Å². The van der Waals surface area contributed by atoms with E-state index in [1.54, 1.807) is 19.1 Å². The highest BCUT2D eigenvalue weighted by atomic mass is 16.5. The summed E-state index contributed by atoms with van der Waals surface area (Å²) in [5, 5.41) is 2.93. The molecule has 1 saturated carbocycles. The smallest absolute Gasteiger partial charge is 0.374 e. The van der Waals surface area contributed by atoms with Crippen molar-refractivity contribution in [1.82, 2.24) is 5.32 Å². The van der Waals surface area contributed by atoms with E-state index >= 15 is 0 Å². The summed E-state index contributed by atoms with van der Waals surface area (Å²) in [6.45, 7) is 3.62. The molecule has 1 heterocycles. The SMILES string of the molecule is Cc1ccc(C(=O)OCC(=O)NC2CCCCC2C)o1. The van der Waals surface area contributed by atoms with Crippen molar-refractivity contribution >= 4 is 11.9 Å². The van der Waals surface area contributed by atoms with Gasteiger partial charge in [-0.3, -0.25) is 4.79 Å². The van der Waals surface area contributed by atoms with E-state index in [4.69, 9.17) is 9.15 Å². The molecular weight excluding hydrogens is 258 g/mol. The first-order chi connectivity index (χ1) is 9.56. The maximum atomic E-state index is 11.8. The maximum Gasteiger partial charge on any atom is 0.374 e. The van der Waals surface area contributed by atoms with Crippen LogP contribution in [0.1, 0.15) is 48.9 Å². The molecule has 2 atom stereocenters. The fourth-order valence-electron chi connectivity index (χ4n) is 2.53. The number of carbonyl (C=O) groups excluding carboxylic acids is 2. The third-order valence-electron chi connectivity index (χ3n) is 3.73. The molecule has 1 aromatic heterocycles. The van der Waals surface area contributed by atoms with Crippen LogP contribution in [-0.4, -0.2) is 24.5 Å². The molecule has 0 aliphatic heterocycles. The summed E-state index contributed by atoms with van der Waals surface area (Å²) in [5.74, 6) is 0.389. The van der Waals surface area contributed by atoms with Gasteiger partial charge in [0.1, 0.15) is 5.76 Å².